The maximum absolute atomic E-state index is 5.68. The monoisotopic (exact) mass is 346 g/mol. The largest absolute Gasteiger partial charge is 0.494 e. The summed E-state index contributed by atoms with van der Waals surface area (Å²) >= 11 is 1.67. The molecular weight excluding hydrogens is 320 g/mol. The third-order valence-electron chi connectivity index (χ3n) is 3.46. The van der Waals surface area contributed by atoms with Crippen molar-refractivity contribution in [1.29, 1.82) is 0 Å². The Hall–Kier alpha value is -2.08. The summed E-state index contributed by atoms with van der Waals surface area (Å²) in [6, 6.07) is 8.17. The van der Waals surface area contributed by atoms with Gasteiger partial charge in [0.05, 0.1) is 23.9 Å². The van der Waals surface area contributed by atoms with Crippen molar-refractivity contribution in [2.45, 2.75) is 33.4 Å². The molecule has 130 valence electrons. The molecule has 0 atom stereocenters. The van der Waals surface area contributed by atoms with Gasteiger partial charge in [0.2, 0.25) is 0 Å². The van der Waals surface area contributed by atoms with Crippen LogP contribution >= 0.6 is 11.3 Å². The fourth-order valence-corrected chi connectivity index (χ4v) is 2.93. The van der Waals surface area contributed by atoms with Gasteiger partial charge in [-0.3, -0.25) is 4.99 Å². The maximum atomic E-state index is 5.68. The Bertz CT molecular complexity index is 669. The van der Waals surface area contributed by atoms with E-state index in [1.54, 1.807) is 18.4 Å². The van der Waals surface area contributed by atoms with Crippen molar-refractivity contribution in [3.05, 3.63) is 45.9 Å². The first kappa shape index (κ1) is 18.3. The van der Waals surface area contributed by atoms with Gasteiger partial charge in [0.25, 0.3) is 0 Å². The topological polar surface area (TPSA) is 49.8 Å². The van der Waals surface area contributed by atoms with E-state index in [-0.39, 0.29) is 0 Å². The minimum atomic E-state index is 0.705. The number of hydrogen-bond donors (Lipinski definition) is 1. The Morgan fingerprint density at radius 2 is 2.25 bits per heavy atom. The van der Waals surface area contributed by atoms with Gasteiger partial charge in [0.1, 0.15) is 5.75 Å². The summed E-state index contributed by atoms with van der Waals surface area (Å²) < 4.78 is 5.68. The average molecular weight is 346 g/mol. The zero-order valence-corrected chi connectivity index (χ0v) is 15.7. The Kier molecular flexibility index (Phi) is 7.06. The van der Waals surface area contributed by atoms with E-state index < -0.39 is 0 Å². The average Bonchev–Trinajstić information content (AvgIpc) is 2.98. The first-order valence-electron chi connectivity index (χ1n) is 8.17. The molecule has 0 aliphatic rings. The van der Waals surface area contributed by atoms with Crippen molar-refractivity contribution in [2.75, 3.05) is 20.7 Å². The molecule has 0 radical (unpaired) electrons. The van der Waals surface area contributed by atoms with E-state index in [1.165, 1.54) is 5.56 Å². The second-order valence-electron chi connectivity index (χ2n) is 5.61. The quantitative estimate of drug-likeness (QED) is 0.616. The molecule has 0 spiro atoms. The summed E-state index contributed by atoms with van der Waals surface area (Å²) in [6.45, 7) is 6.32. The van der Waals surface area contributed by atoms with Crippen LogP contribution in [-0.2, 0) is 13.1 Å². The lowest BCUT2D eigenvalue weighted by Gasteiger charge is -2.21. The number of ether oxygens (including phenoxy) is 1. The number of hydrogen-bond acceptors (Lipinski definition) is 4. The number of aryl methyl sites for hydroxylation is 1. The van der Waals surface area contributed by atoms with Crippen molar-refractivity contribution < 1.29 is 4.74 Å². The third kappa shape index (κ3) is 5.53. The van der Waals surface area contributed by atoms with E-state index in [4.69, 9.17) is 4.74 Å². The minimum absolute atomic E-state index is 0.705. The molecule has 2 rings (SSSR count). The van der Waals surface area contributed by atoms with E-state index >= 15 is 0 Å². The number of nitrogens with zero attached hydrogens (tertiary/aromatic N) is 3. The van der Waals surface area contributed by atoms with E-state index in [1.807, 2.05) is 26.1 Å². The van der Waals surface area contributed by atoms with Crippen LogP contribution in [-0.4, -0.2) is 36.5 Å². The Labute approximate surface area is 148 Å². The van der Waals surface area contributed by atoms with Crippen LogP contribution in [0.4, 0.5) is 0 Å². The van der Waals surface area contributed by atoms with E-state index in [0.29, 0.717) is 6.54 Å². The second-order valence-corrected chi connectivity index (χ2v) is 6.67. The highest BCUT2D eigenvalue weighted by Gasteiger charge is 2.08. The van der Waals surface area contributed by atoms with Gasteiger partial charge in [0.15, 0.2) is 5.96 Å². The van der Waals surface area contributed by atoms with E-state index in [0.717, 1.165) is 42.0 Å². The zero-order chi connectivity index (χ0) is 17.4. The van der Waals surface area contributed by atoms with Crippen LogP contribution in [0.15, 0.2) is 34.6 Å². The highest BCUT2D eigenvalue weighted by Crippen LogP contribution is 2.14. The number of aliphatic imine (C=N–C) groups is 1. The molecule has 0 saturated carbocycles. The van der Waals surface area contributed by atoms with Crippen LogP contribution < -0.4 is 10.1 Å². The molecule has 1 heterocycles. The Morgan fingerprint density at radius 3 is 2.92 bits per heavy atom. The van der Waals surface area contributed by atoms with Crippen LogP contribution in [0.5, 0.6) is 5.75 Å². The molecule has 1 aromatic heterocycles. The van der Waals surface area contributed by atoms with Crippen molar-refractivity contribution in [3.63, 3.8) is 0 Å². The smallest absolute Gasteiger partial charge is 0.194 e. The molecule has 24 heavy (non-hydrogen) atoms. The third-order valence-corrected chi connectivity index (χ3v) is 4.28. The number of benzene rings is 1. The second kappa shape index (κ2) is 9.27. The number of rotatable bonds is 7. The molecule has 0 fully saturated rings. The lowest BCUT2D eigenvalue weighted by atomic mass is 10.2. The molecule has 5 nitrogen and oxygen atoms in total. The SMILES string of the molecule is CCCOc1cccc(CNC(=NC)N(C)Cc2csc(C)n2)c1. The Balaban J connectivity index is 1.91. The highest BCUT2D eigenvalue weighted by molar-refractivity contribution is 7.09. The lowest BCUT2D eigenvalue weighted by Crippen LogP contribution is -2.38. The van der Waals surface area contributed by atoms with Gasteiger partial charge in [0, 0.05) is 26.0 Å². The molecule has 0 saturated heterocycles. The molecule has 1 N–H and O–H groups in total. The fourth-order valence-electron chi connectivity index (χ4n) is 2.33. The van der Waals surface area contributed by atoms with Crippen LogP contribution in [0.2, 0.25) is 0 Å². The molecule has 1 aromatic carbocycles. The van der Waals surface area contributed by atoms with Crippen LogP contribution in [0.1, 0.15) is 29.6 Å². The van der Waals surface area contributed by atoms with Gasteiger partial charge in [-0.25, -0.2) is 4.98 Å². The standard InChI is InChI=1S/C18H26N4OS/c1-5-9-23-17-8-6-7-15(10-17)11-20-18(19-3)22(4)12-16-13-24-14(2)21-16/h6-8,10,13H,5,9,11-12H2,1-4H3,(H,19,20). The van der Waals surface area contributed by atoms with Gasteiger partial charge < -0.3 is 15.0 Å². The van der Waals surface area contributed by atoms with Gasteiger partial charge in [-0.2, -0.15) is 0 Å². The summed E-state index contributed by atoms with van der Waals surface area (Å²) in [7, 11) is 3.82. The molecule has 0 amide bonds. The van der Waals surface area contributed by atoms with Crippen molar-refractivity contribution >= 4 is 17.3 Å². The molecule has 6 heteroatoms. The van der Waals surface area contributed by atoms with Crippen LogP contribution in [0, 0.1) is 6.92 Å². The Morgan fingerprint density at radius 1 is 1.42 bits per heavy atom. The molecule has 0 unspecified atom stereocenters. The van der Waals surface area contributed by atoms with Gasteiger partial charge in [-0.15, -0.1) is 11.3 Å². The van der Waals surface area contributed by atoms with Crippen molar-refractivity contribution in [2.24, 2.45) is 4.99 Å². The van der Waals surface area contributed by atoms with Crippen LogP contribution in [0.25, 0.3) is 0 Å². The zero-order valence-electron chi connectivity index (χ0n) is 14.9. The van der Waals surface area contributed by atoms with Crippen molar-refractivity contribution in [1.82, 2.24) is 15.2 Å². The summed E-state index contributed by atoms with van der Waals surface area (Å²) in [5, 5.41) is 6.57. The predicted molar refractivity (Wildman–Crippen MR) is 101 cm³/mol. The van der Waals surface area contributed by atoms with E-state index in [9.17, 15) is 0 Å². The van der Waals surface area contributed by atoms with Crippen molar-refractivity contribution in [3.8, 4) is 5.75 Å². The maximum Gasteiger partial charge on any atom is 0.194 e. The number of nitrogens with one attached hydrogen (secondary N) is 1. The minimum Gasteiger partial charge on any atom is -0.494 e. The number of thiazole rings is 1. The van der Waals surface area contributed by atoms with Crippen LogP contribution in [0.3, 0.4) is 0 Å². The van der Waals surface area contributed by atoms with E-state index in [2.05, 4.69) is 44.6 Å². The van der Waals surface area contributed by atoms with Gasteiger partial charge in [-0.1, -0.05) is 19.1 Å². The summed E-state index contributed by atoms with van der Waals surface area (Å²) in [5.74, 6) is 1.76. The number of guanidine groups is 1. The number of aromatic nitrogens is 1. The van der Waals surface area contributed by atoms with Gasteiger partial charge in [-0.05, 0) is 31.0 Å². The molecule has 0 aliphatic carbocycles. The predicted octanol–water partition coefficient (Wildman–Crippen LogP) is 3.45. The highest BCUT2D eigenvalue weighted by atomic mass is 32.1. The molecule has 0 bridgehead atoms. The van der Waals surface area contributed by atoms with Gasteiger partial charge >= 0.3 is 0 Å². The first-order valence-corrected chi connectivity index (χ1v) is 9.05. The fraction of sp³-hybridized carbons (Fsp3) is 0.444. The normalized spacial score (nSPS) is 11.4. The molecular formula is C18H26N4OS. The molecule has 2 aromatic rings. The summed E-state index contributed by atoms with van der Waals surface area (Å²) in [5.41, 5.74) is 2.24. The summed E-state index contributed by atoms with van der Waals surface area (Å²) in [4.78, 5) is 10.9. The summed E-state index contributed by atoms with van der Waals surface area (Å²) in [6.07, 6.45) is 1.01. The molecule has 0 aliphatic heterocycles. The first-order chi connectivity index (χ1) is 11.6. The lowest BCUT2D eigenvalue weighted by molar-refractivity contribution is 0.317.